The van der Waals surface area contributed by atoms with E-state index in [0.29, 0.717) is 17.6 Å². The molecule has 0 radical (unpaired) electrons. The Morgan fingerprint density at radius 3 is 2.57 bits per heavy atom. The molecule has 0 aromatic heterocycles. The van der Waals surface area contributed by atoms with Crippen LogP contribution in [0.3, 0.4) is 0 Å². The first-order valence-electron chi connectivity index (χ1n) is 7.15. The lowest BCUT2D eigenvalue weighted by molar-refractivity contribution is 0.0692. The standard InChI is InChI=1S/C15H17FN2O3/c16-13-6-3-10(7-12(13)14(19)20)17-15(21)18(11-4-5-11)8-9-1-2-9/h3,6-7,9,11H,1-2,4-5,8H2,(H,17,21)(H,19,20). The minimum absolute atomic E-state index is 0.229. The minimum atomic E-state index is -1.35. The number of benzene rings is 1. The molecule has 112 valence electrons. The van der Waals surface area contributed by atoms with E-state index >= 15 is 0 Å². The van der Waals surface area contributed by atoms with E-state index < -0.39 is 17.3 Å². The van der Waals surface area contributed by atoms with Crippen molar-refractivity contribution in [2.75, 3.05) is 11.9 Å². The summed E-state index contributed by atoms with van der Waals surface area (Å²) in [5.74, 6) is -1.56. The second-order valence-electron chi connectivity index (χ2n) is 5.76. The lowest BCUT2D eigenvalue weighted by Gasteiger charge is -2.22. The summed E-state index contributed by atoms with van der Waals surface area (Å²) >= 11 is 0. The molecule has 0 spiro atoms. The quantitative estimate of drug-likeness (QED) is 0.876. The Balaban J connectivity index is 1.70. The number of hydrogen-bond donors (Lipinski definition) is 2. The molecule has 3 rings (SSSR count). The zero-order valence-corrected chi connectivity index (χ0v) is 11.5. The van der Waals surface area contributed by atoms with E-state index in [9.17, 15) is 14.0 Å². The van der Waals surface area contributed by atoms with Crippen LogP contribution >= 0.6 is 0 Å². The highest BCUT2D eigenvalue weighted by Crippen LogP contribution is 2.35. The Labute approximate surface area is 121 Å². The number of carbonyl (C=O) groups is 2. The summed E-state index contributed by atoms with van der Waals surface area (Å²) < 4.78 is 13.3. The summed E-state index contributed by atoms with van der Waals surface area (Å²) in [7, 11) is 0. The maximum atomic E-state index is 13.3. The number of nitrogens with zero attached hydrogens (tertiary/aromatic N) is 1. The molecule has 2 amide bonds. The molecule has 2 aliphatic carbocycles. The van der Waals surface area contributed by atoms with Crippen LogP contribution in [0.1, 0.15) is 36.0 Å². The van der Waals surface area contributed by atoms with Crippen molar-refractivity contribution in [3.8, 4) is 0 Å². The number of nitrogens with one attached hydrogen (secondary N) is 1. The van der Waals surface area contributed by atoms with E-state index in [1.54, 1.807) is 0 Å². The first-order valence-corrected chi connectivity index (χ1v) is 7.15. The van der Waals surface area contributed by atoms with Crippen LogP contribution in [0.4, 0.5) is 14.9 Å². The third-order valence-corrected chi connectivity index (χ3v) is 3.85. The molecule has 0 heterocycles. The van der Waals surface area contributed by atoms with Crippen molar-refractivity contribution < 1.29 is 19.1 Å². The lowest BCUT2D eigenvalue weighted by Crippen LogP contribution is -2.38. The van der Waals surface area contributed by atoms with Crippen LogP contribution in [0.5, 0.6) is 0 Å². The molecular formula is C15H17FN2O3. The van der Waals surface area contributed by atoms with Gasteiger partial charge >= 0.3 is 12.0 Å². The first-order chi connectivity index (χ1) is 10.0. The molecule has 5 nitrogen and oxygen atoms in total. The Morgan fingerprint density at radius 2 is 2.00 bits per heavy atom. The summed E-state index contributed by atoms with van der Waals surface area (Å²) in [6.45, 7) is 0.753. The van der Waals surface area contributed by atoms with Crippen molar-refractivity contribution in [1.29, 1.82) is 0 Å². The maximum absolute atomic E-state index is 13.3. The van der Waals surface area contributed by atoms with E-state index in [1.165, 1.54) is 6.07 Å². The van der Waals surface area contributed by atoms with Gasteiger partial charge in [0.2, 0.25) is 0 Å². The highest BCUT2D eigenvalue weighted by Gasteiger charge is 2.36. The average molecular weight is 292 g/mol. The minimum Gasteiger partial charge on any atom is -0.478 e. The predicted octanol–water partition coefficient (Wildman–Crippen LogP) is 2.93. The fourth-order valence-corrected chi connectivity index (χ4v) is 2.32. The summed E-state index contributed by atoms with van der Waals surface area (Å²) in [6, 6.07) is 3.65. The number of hydrogen-bond acceptors (Lipinski definition) is 2. The summed E-state index contributed by atoms with van der Waals surface area (Å²) in [5.41, 5.74) is -0.131. The first kappa shape index (κ1) is 13.9. The monoisotopic (exact) mass is 292 g/mol. The third kappa shape index (κ3) is 3.32. The van der Waals surface area contributed by atoms with Crippen LogP contribution in [-0.2, 0) is 0 Å². The smallest absolute Gasteiger partial charge is 0.338 e. The molecule has 21 heavy (non-hydrogen) atoms. The van der Waals surface area contributed by atoms with Crippen LogP contribution in [0.2, 0.25) is 0 Å². The SMILES string of the molecule is O=C(O)c1cc(NC(=O)N(CC2CC2)C2CC2)ccc1F. The highest BCUT2D eigenvalue weighted by molar-refractivity contribution is 5.93. The van der Waals surface area contributed by atoms with Crippen molar-refractivity contribution in [2.24, 2.45) is 5.92 Å². The molecule has 2 N–H and O–H groups in total. The van der Waals surface area contributed by atoms with Gasteiger partial charge in [-0.3, -0.25) is 0 Å². The largest absolute Gasteiger partial charge is 0.478 e. The topological polar surface area (TPSA) is 69.6 Å². The van der Waals surface area contributed by atoms with E-state index in [1.807, 2.05) is 4.90 Å². The number of rotatable bonds is 5. The lowest BCUT2D eigenvalue weighted by atomic mass is 10.2. The Morgan fingerprint density at radius 1 is 1.29 bits per heavy atom. The second-order valence-corrected chi connectivity index (χ2v) is 5.76. The van der Waals surface area contributed by atoms with E-state index in [-0.39, 0.29) is 6.03 Å². The maximum Gasteiger partial charge on any atom is 0.338 e. The Bertz CT molecular complexity index is 582. The van der Waals surface area contributed by atoms with E-state index in [2.05, 4.69) is 5.32 Å². The molecule has 0 atom stereocenters. The summed E-state index contributed by atoms with van der Waals surface area (Å²) in [4.78, 5) is 25.0. The molecule has 6 heteroatoms. The zero-order chi connectivity index (χ0) is 15.0. The van der Waals surface area contributed by atoms with Gasteiger partial charge in [-0.15, -0.1) is 0 Å². The number of aromatic carboxylic acids is 1. The molecule has 0 saturated heterocycles. The fraction of sp³-hybridized carbons (Fsp3) is 0.467. The van der Waals surface area contributed by atoms with Crippen LogP contribution in [0.25, 0.3) is 0 Å². The number of urea groups is 1. The van der Waals surface area contributed by atoms with Gasteiger partial charge in [-0.1, -0.05) is 0 Å². The molecule has 0 bridgehead atoms. The second kappa shape index (κ2) is 5.35. The highest BCUT2D eigenvalue weighted by atomic mass is 19.1. The molecule has 1 aromatic rings. The number of carbonyl (C=O) groups excluding carboxylic acids is 1. The Kier molecular flexibility index (Phi) is 3.53. The molecule has 1 aromatic carbocycles. The van der Waals surface area contributed by atoms with E-state index in [0.717, 1.165) is 44.4 Å². The van der Waals surface area contributed by atoms with Crippen LogP contribution in [0.15, 0.2) is 18.2 Å². The van der Waals surface area contributed by atoms with Gasteiger partial charge in [0.1, 0.15) is 5.82 Å². The molecule has 0 unspecified atom stereocenters. The normalized spacial score (nSPS) is 17.4. The van der Waals surface area contributed by atoms with Crippen molar-refractivity contribution in [2.45, 2.75) is 31.7 Å². The molecule has 2 saturated carbocycles. The van der Waals surface area contributed by atoms with Gasteiger partial charge in [0, 0.05) is 18.3 Å². The zero-order valence-electron chi connectivity index (χ0n) is 11.5. The van der Waals surface area contributed by atoms with Gasteiger partial charge in [-0.25, -0.2) is 14.0 Å². The van der Waals surface area contributed by atoms with Crippen LogP contribution < -0.4 is 5.32 Å². The van der Waals surface area contributed by atoms with E-state index in [4.69, 9.17) is 5.11 Å². The van der Waals surface area contributed by atoms with Crippen LogP contribution in [-0.4, -0.2) is 34.6 Å². The molecular weight excluding hydrogens is 275 g/mol. The van der Waals surface area contributed by atoms with Crippen molar-refractivity contribution in [3.63, 3.8) is 0 Å². The van der Waals surface area contributed by atoms with Crippen molar-refractivity contribution in [1.82, 2.24) is 4.90 Å². The van der Waals surface area contributed by atoms with Gasteiger partial charge in [0.15, 0.2) is 0 Å². The van der Waals surface area contributed by atoms with Gasteiger partial charge in [0.25, 0.3) is 0 Å². The van der Waals surface area contributed by atoms with Gasteiger partial charge in [-0.05, 0) is 49.8 Å². The van der Waals surface area contributed by atoms with Crippen molar-refractivity contribution >= 4 is 17.7 Å². The number of anilines is 1. The predicted molar refractivity (Wildman–Crippen MR) is 74.8 cm³/mol. The van der Waals surface area contributed by atoms with Crippen molar-refractivity contribution in [3.05, 3.63) is 29.6 Å². The molecule has 0 aliphatic heterocycles. The summed E-state index contributed by atoms with van der Waals surface area (Å²) in [6.07, 6.45) is 4.36. The number of carboxylic acids is 1. The average Bonchev–Trinajstić information content (AvgIpc) is 3.31. The number of halogens is 1. The molecule has 2 fully saturated rings. The van der Waals surface area contributed by atoms with Gasteiger partial charge < -0.3 is 15.3 Å². The summed E-state index contributed by atoms with van der Waals surface area (Å²) in [5, 5.41) is 11.6. The Hall–Kier alpha value is -2.11. The fourth-order valence-electron chi connectivity index (χ4n) is 2.32. The third-order valence-electron chi connectivity index (χ3n) is 3.85. The van der Waals surface area contributed by atoms with Gasteiger partial charge in [-0.2, -0.15) is 0 Å². The number of carboxylic acid groups (broad SMARTS) is 1. The van der Waals surface area contributed by atoms with Crippen LogP contribution in [0, 0.1) is 11.7 Å². The van der Waals surface area contributed by atoms with Gasteiger partial charge in [0.05, 0.1) is 5.56 Å². The molecule has 2 aliphatic rings. The number of amides is 2.